The largest absolute Gasteiger partial charge is 0.301 e. The number of nitrogens with zero attached hydrogens (tertiary/aromatic N) is 1. The summed E-state index contributed by atoms with van der Waals surface area (Å²) >= 11 is 2.99. The Kier molecular flexibility index (Phi) is 5.50. The van der Waals surface area contributed by atoms with E-state index in [9.17, 15) is 13.6 Å². The molecular weight excluding hydrogens is 350 g/mol. The van der Waals surface area contributed by atoms with Gasteiger partial charge >= 0.3 is 0 Å². The van der Waals surface area contributed by atoms with Gasteiger partial charge in [-0.1, -0.05) is 12.8 Å². The van der Waals surface area contributed by atoms with Gasteiger partial charge in [-0.3, -0.25) is 4.79 Å². The third-order valence-electron chi connectivity index (χ3n) is 4.02. The first-order valence-corrected chi connectivity index (χ1v) is 9.72. The molecule has 2 aromatic rings. The summed E-state index contributed by atoms with van der Waals surface area (Å²) in [6.07, 6.45) is 4.85. The number of rotatable bonds is 5. The van der Waals surface area contributed by atoms with Crippen LogP contribution in [-0.4, -0.2) is 21.4 Å². The number of thioether (sulfide) groups is 1. The second-order valence-electron chi connectivity index (χ2n) is 5.84. The van der Waals surface area contributed by atoms with Gasteiger partial charge < -0.3 is 5.32 Å². The minimum atomic E-state index is -0.910. The van der Waals surface area contributed by atoms with Crippen LogP contribution in [0.5, 0.6) is 0 Å². The summed E-state index contributed by atoms with van der Waals surface area (Å²) in [4.78, 5) is 16.6. The molecule has 7 heteroatoms. The number of hydrogen-bond acceptors (Lipinski definition) is 4. The molecule has 0 spiro atoms. The molecule has 1 fully saturated rings. The lowest BCUT2D eigenvalue weighted by molar-refractivity contribution is -0.115. The molecule has 128 valence electrons. The lowest BCUT2D eigenvalue weighted by Gasteiger charge is -2.14. The first-order chi connectivity index (χ1) is 11.5. The van der Waals surface area contributed by atoms with Gasteiger partial charge in [0.15, 0.2) is 16.8 Å². The number of thiazole rings is 1. The Morgan fingerprint density at radius 1 is 1.33 bits per heavy atom. The normalized spacial score (nSPS) is 16.3. The van der Waals surface area contributed by atoms with Crippen molar-refractivity contribution in [2.75, 3.05) is 5.32 Å². The number of anilines is 1. The zero-order valence-electron chi connectivity index (χ0n) is 13.2. The highest BCUT2D eigenvalue weighted by Crippen LogP contribution is 2.33. The highest BCUT2D eigenvalue weighted by atomic mass is 32.2. The second-order valence-corrected chi connectivity index (χ2v) is 8.34. The van der Waals surface area contributed by atoms with E-state index in [1.54, 1.807) is 17.1 Å². The molecular formula is C17H18F2N2OS2. The number of aromatic nitrogens is 1. The molecule has 1 saturated carbocycles. The van der Waals surface area contributed by atoms with Crippen molar-refractivity contribution in [1.82, 2.24) is 4.98 Å². The van der Waals surface area contributed by atoms with Gasteiger partial charge in [-0.2, -0.15) is 0 Å². The van der Waals surface area contributed by atoms with E-state index in [-0.39, 0.29) is 11.2 Å². The molecule has 3 rings (SSSR count). The fourth-order valence-electron chi connectivity index (χ4n) is 2.70. The molecule has 0 unspecified atom stereocenters. The van der Waals surface area contributed by atoms with Gasteiger partial charge in [0, 0.05) is 16.2 Å². The predicted molar refractivity (Wildman–Crippen MR) is 95.4 cm³/mol. The molecule has 0 bridgehead atoms. The number of halogens is 2. The minimum absolute atomic E-state index is 0.0712. The van der Waals surface area contributed by atoms with E-state index in [1.165, 1.54) is 43.1 Å². The summed E-state index contributed by atoms with van der Waals surface area (Å²) in [5.74, 6) is -1.87. The maximum absolute atomic E-state index is 13.3. The van der Waals surface area contributed by atoms with Crippen LogP contribution >= 0.6 is 23.1 Å². The lowest BCUT2D eigenvalue weighted by atomic mass is 10.2. The van der Waals surface area contributed by atoms with Crippen LogP contribution in [0.25, 0.3) is 11.3 Å². The van der Waals surface area contributed by atoms with E-state index < -0.39 is 11.6 Å². The van der Waals surface area contributed by atoms with Crippen molar-refractivity contribution in [3.05, 3.63) is 35.2 Å². The van der Waals surface area contributed by atoms with Crippen molar-refractivity contribution in [2.45, 2.75) is 43.1 Å². The Morgan fingerprint density at radius 2 is 2.08 bits per heavy atom. The molecule has 0 radical (unpaired) electrons. The maximum Gasteiger partial charge on any atom is 0.238 e. The number of carbonyl (C=O) groups is 1. The van der Waals surface area contributed by atoms with Gasteiger partial charge in [0.2, 0.25) is 5.91 Å². The number of hydrogen-bond donors (Lipinski definition) is 1. The summed E-state index contributed by atoms with van der Waals surface area (Å²) < 4.78 is 26.3. The van der Waals surface area contributed by atoms with Gasteiger partial charge in [0.05, 0.1) is 10.9 Å². The Hall–Kier alpha value is -1.47. The average Bonchev–Trinajstić information content (AvgIpc) is 3.22. The fraction of sp³-hybridized carbons (Fsp3) is 0.412. The van der Waals surface area contributed by atoms with E-state index in [2.05, 4.69) is 10.3 Å². The van der Waals surface area contributed by atoms with Crippen LogP contribution in [0.4, 0.5) is 13.9 Å². The highest BCUT2D eigenvalue weighted by molar-refractivity contribution is 8.01. The zero-order valence-corrected chi connectivity index (χ0v) is 14.9. The van der Waals surface area contributed by atoms with Gasteiger partial charge in [-0.25, -0.2) is 13.8 Å². The second kappa shape index (κ2) is 7.61. The minimum Gasteiger partial charge on any atom is -0.301 e. The van der Waals surface area contributed by atoms with Gasteiger partial charge in [0.25, 0.3) is 0 Å². The number of carbonyl (C=O) groups excluding carboxylic acids is 1. The van der Waals surface area contributed by atoms with Crippen molar-refractivity contribution < 1.29 is 13.6 Å². The summed E-state index contributed by atoms with van der Waals surface area (Å²) in [6, 6.07) is 3.65. The van der Waals surface area contributed by atoms with Crippen LogP contribution in [0.15, 0.2) is 23.6 Å². The monoisotopic (exact) mass is 368 g/mol. The maximum atomic E-state index is 13.3. The van der Waals surface area contributed by atoms with Crippen LogP contribution in [0.3, 0.4) is 0 Å². The van der Waals surface area contributed by atoms with Crippen LogP contribution in [-0.2, 0) is 4.79 Å². The summed E-state index contributed by atoms with van der Waals surface area (Å²) in [7, 11) is 0. The van der Waals surface area contributed by atoms with Crippen molar-refractivity contribution in [3.8, 4) is 11.3 Å². The Balaban J connectivity index is 1.62. The molecule has 0 saturated heterocycles. The van der Waals surface area contributed by atoms with Crippen LogP contribution in [0.2, 0.25) is 0 Å². The molecule has 1 N–H and O–H groups in total. The van der Waals surface area contributed by atoms with Crippen LogP contribution in [0, 0.1) is 11.6 Å². The molecule has 1 aromatic heterocycles. The molecule has 1 atom stereocenters. The van der Waals surface area contributed by atoms with E-state index in [1.807, 2.05) is 6.92 Å². The number of benzene rings is 1. The Labute approximate surface area is 147 Å². The Morgan fingerprint density at radius 3 is 2.79 bits per heavy atom. The molecule has 3 nitrogen and oxygen atoms in total. The van der Waals surface area contributed by atoms with E-state index in [4.69, 9.17) is 0 Å². The first kappa shape index (κ1) is 17.4. The molecule has 24 heavy (non-hydrogen) atoms. The fourth-order valence-corrected chi connectivity index (χ4v) is 4.79. The SMILES string of the molecule is C[C@@H](SC1CCCC1)C(=O)Nc1nc(-c2ccc(F)c(F)c2)cs1. The third-order valence-corrected chi connectivity index (χ3v) is 6.25. The van der Waals surface area contributed by atoms with Crippen molar-refractivity contribution >= 4 is 34.1 Å². The van der Waals surface area contributed by atoms with E-state index >= 15 is 0 Å². The first-order valence-electron chi connectivity index (χ1n) is 7.90. The number of nitrogens with one attached hydrogen (secondary N) is 1. The van der Waals surface area contributed by atoms with Gasteiger partial charge in [0.1, 0.15) is 0 Å². The highest BCUT2D eigenvalue weighted by Gasteiger charge is 2.23. The molecule has 1 aliphatic carbocycles. The summed E-state index contributed by atoms with van der Waals surface area (Å²) in [6.45, 7) is 1.90. The van der Waals surface area contributed by atoms with Crippen LogP contribution < -0.4 is 5.32 Å². The van der Waals surface area contributed by atoms with Gasteiger partial charge in [-0.05, 0) is 38.0 Å². The molecule has 1 amide bonds. The summed E-state index contributed by atoms with van der Waals surface area (Å²) in [5.41, 5.74) is 1.00. The predicted octanol–water partition coefficient (Wildman–Crippen LogP) is 5.09. The van der Waals surface area contributed by atoms with Crippen molar-refractivity contribution in [3.63, 3.8) is 0 Å². The molecule has 1 aliphatic rings. The standard InChI is InChI=1S/C17H18F2N2OS2/c1-10(24-12-4-2-3-5-12)16(22)21-17-20-15(9-23-17)11-6-7-13(18)14(19)8-11/h6-10,12H,2-5H2,1H3,(H,20,21,22)/t10-/m1/s1. The smallest absolute Gasteiger partial charge is 0.238 e. The summed E-state index contributed by atoms with van der Waals surface area (Å²) in [5, 5.41) is 5.44. The van der Waals surface area contributed by atoms with Crippen molar-refractivity contribution in [2.24, 2.45) is 0 Å². The third kappa shape index (κ3) is 4.13. The zero-order chi connectivity index (χ0) is 17.1. The lowest BCUT2D eigenvalue weighted by Crippen LogP contribution is -2.24. The van der Waals surface area contributed by atoms with E-state index in [0.717, 1.165) is 12.1 Å². The topological polar surface area (TPSA) is 42.0 Å². The van der Waals surface area contributed by atoms with Crippen molar-refractivity contribution in [1.29, 1.82) is 0 Å². The average molecular weight is 368 g/mol. The molecule has 1 heterocycles. The Bertz CT molecular complexity index is 729. The quantitative estimate of drug-likeness (QED) is 0.799. The van der Waals surface area contributed by atoms with Crippen LogP contribution in [0.1, 0.15) is 32.6 Å². The molecule has 0 aliphatic heterocycles. The number of amides is 1. The van der Waals surface area contributed by atoms with E-state index in [0.29, 0.717) is 21.6 Å². The molecule has 1 aromatic carbocycles. The van der Waals surface area contributed by atoms with Gasteiger partial charge in [-0.15, -0.1) is 23.1 Å².